The average Bonchev–Trinajstić information content (AvgIpc) is 2.77. The van der Waals surface area contributed by atoms with E-state index in [9.17, 15) is 19.5 Å². The van der Waals surface area contributed by atoms with Crippen molar-refractivity contribution in [1.29, 1.82) is 0 Å². The second kappa shape index (κ2) is 10.8. The number of rotatable bonds is 9. The number of halogens is 2. The predicted molar refractivity (Wildman–Crippen MR) is 132 cm³/mol. The fourth-order valence-corrected chi connectivity index (χ4v) is 4.02. The van der Waals surface area contributed by atoms with E-state index in [4.69, 9.17) is 11.6 Å². The molecule has 1 heterocycles. The van der Waals surface area contributed by atoms with Crippen LogP contribution in [0.5, 0.6) is 0 Å². The first-order valence-corrected chi connectivity index (χ1v) is 11.7. The van der Waals surface area contributed by atoms with E-state index >= 15 is 0 Å². The molecule has 1 N–H and O–H groups in total. The summed E-state index contributed by atoms with van der Waals surface area (Å²) < 4.78 is 3.26. The van der Waals surface area contributed by atoms with Crippen LogP contribution in [-0.2, 0) is 6.54 Å². The van der Waals surface area contributed by atoms with Gasteiger partial charge in [0.25, 0.3) is 0 Å². The van der Waals surface area contributed by atoms with E-state index in [0.29, 0.717) is 18.8 Å². The number of hydrogen-bond donors (Lipinski definition) is 1. The van der Waals surface area contributed by atoms with E-state index in [1.54, 1.807) is 0 Å². The Kier molecular flexibility index (Phi) is 8.10. The molecule has 0 aliphatic rings. The highest BCUT2D eigenvalue weighted by atomic mass is 79.9. The number of carbonyl (C=O) groups is 1. The molecule has 0 saturated carbocycles. The minimum atomic E-state index is -1.17. The summed E-state index contributed by atoms with van der Waals surface area (Å²) in [6.45, 7) is 5.23. The van der Waals surface area contributed by atoms with Gasteiger partial charge in [0.15, 0.2) is 0 Å². The normalized spacial score (nSPS) is 10.9. The summed E-state index contributed by atoms with van der Waals surface area (Å²) in [5.41, 5.74) is -0.218. The number of nitrogens with zero attached hydrogens (tertiary/aromatic N) is 4. The third kappa shape index (κ3) is 5.54. The van der Waals surface area contributed by atoms with Crippen LogP contribution in [0.15, 0.2) is 56.5 Å². The minimum Gasteiger partial charge on any atom is -0.478 e. The molecule has 3 aromatic rings. The summed E-state index contributed by atoms with van der Waals surface area (Å²) >= 11 is 9.57. The van der Waals surface area contributed by atoms with Crippen LogP contribution in [-0.4, -0.2) is 38.3 Å². The van der Waals surface area contributed by atoms with Crippen LogP contribution in [0.3, 0.4) is 0 Å². The molecule has 3 rings (SSSR count). The molecule has 1 aromatic heterocycles. The molecule has 0 aliphatic carbocycles. The van der Waals surface area contributed by atoms with Crippen molar-refractivity contribution in [2.24, 2.45) is 0 Å². The lowest BCUT2D eigenvalue weighted by molar-refractivity contribution is 0.0697. The van der Waals surface area contributed by atoms with Crippen molar-refractivity contribution < 1.29 is 9.90 Å². The van der Waals surface area contributed by atoms with Crippen molar-refractivity contribution in [3.05, 3.63) is 84.1 Å². The molecule has 0 atom stereocenters. The van der Waals surface area contributed by atoms with E-state index in [0.717, 1.165) is 27.4 Å². The van der Waals surface area contributed by atoms with Crippen molar-refractivity contribution in [3.8, 4) is 5.69 Å². The van der Waals surface area contributed by atoms with E-state index in [2.05, 4.69) is 20.9 Å². The summed E-state index contributed by atoms with van der Waals surface area (Å²) in [5.74, 6) is -0.962. The van der Waals surface area contributed by atoms with Gasteiger partial charge in [0.05, 0.1) is 22.8 Å². The monoisotopic (exact) mass is 534 g/mol. The van der Waals surface area contributed by atoms with Gasteiger partial charge >= 0.3 is 17.3 Å². The highest BCUT2D eigenvalue weighted by Gasteiger charge is 2.21. The lowest BCUT2D eigenvalue weighted by atomic mass is 10.2. The number of carboxylic acid groups (broad SMARTS) is 1. The number of aromatic nitrogens is 3. The maximum Gasteiger partial charge on any atom is 0.355 e. The number of hydrogen-bond acceptors (Lipinski definition) is 5. The summed E-state index contributed by atoms with van der Waals surface area (Å²) in [6, 6.07) is 11.5. The van der Waals surface area contributed by atoms with Crippen LogP contribution in [0.2, 0.25) is 5.02 Å². The minimum absolute atomic E-state index is 0.0129. The average molecular weight is 536 g/mol. The summed E-state index contributed by atoms with van der Waals surface area (Å²) in [6.07, 6.45) is 1.58. The van der Waals surface area contributed by atoms with Crippen LogP contribution < -0.4 is 16.3 Å². The molecule has 10 heteroatoms. The van der Waals surface area contributed by atoms with Gasteiger partial charge in [-0.05, 0) is 48.7 Å². The lowest BCUT2D eigenvalue weighted by Crippen LogP contribution is -2.45. The molecule has 0 bridgehead atoms. The van der Waals surface area contributed by atoms with Gasteiger partial charge in [-0.3, -0.25) is 0 Å². The Labute approximate surface area is 204 Å². The first kappa shape index (κ1) is 24.7. The second-order valence-electron chi connectivity index (χ2n) is 7.48. The SMILES string of the molecule is CCCN(CCC)c1nc(=O)n(Cc2ccc(Br)cc2)c(=O)n1-c1ccc(C(=O)O)c(Cl)c1. The molecule has 0 unspecified atom stereocenters. The fraction of sp³-hybridized carbons (Fsp3) is 0.304. The Balaban J connectivity index is 2.25. The van der Waals surface area contributed by atoms with Crippen molar-refractivity contribution in [2.45, 2.75) is 33.2 Å². The van der Waals surface area contributed by atoms with Gasteiger partial charge in [-0.2, -0.15) is 4.98 Å². The maximum atomic E-state index is 13.6. The number of benzene rings is 2. The van der Waals surface area contributed by atoms with Crippen molar-refractivity contribution in [3.63, 3.8) is 0 Å². The second-order valence-corrected chi connectivity index (χ2v) is 8.80. The molecule has 0 fully saturated rings. The molecule has 2 aromatic carbocycles. The van der Waals surface area contributed by atoms with Crippen LogP contribution in [0.4, 0.5) is 5.95 Å². The van der Waals surface area contributed by atoms with Crippen molar-refractivity contribution in [2.75, 3.05) is 18.0 Å². The summed E-state index contributed by atoms with van der Waals surface area (Å²) in [7, 11) is 0. The molecule has 0 aliphatic heterocycles. The molecule has 0 spiro atoms. The Morgan fingerprint density at radius 3 is 2.27 bits per heavy atom. The molecular weight excluding hydrogens is 512 g/mol. The zero-order chi connectivity index (χ0) is 24.1. The standard InChI is InChI=1S/C23H24BrClN4O4/c1-3-11-27(12-4-2)21-26-22(32)28(14-15-5-7-16(24)8-6-15)23(33)29(21)17-9-10-18(20(30)31)19(25)13-17/h5-10,13H,3-4,11-12,14H2,1-2H3,(H,30,31). The third-order valence-corrected chi connectivity index (χ3v) is 5.86. The molecule has 33 heavy (non-hydrogen) atoms. The highest BCUT2D eigenvalue weighted by Crippen LogP contribution is 2.22. The number of carboxylic acids is 1. The molecule has 0 saturated heterocycles. The topological polar surface area (TPSA) is 97.4 Å². The Bertz CT molecular complexity index is 1260. The molecule has 0 radical (unpaired) electrons. The third-order valence-electron chi connectivity index (χ3n) is 5.01. The van der Waals surface area contributed by atoms with Gasteiger partial charge in [-0.15, -0.1) is 0 Å². The van der Waals surface area contributed by atoms with E-state index < -0.39 is 17.3 Å². The van der Waals surface area contributed by atoms with Gasteiger partial charge in [-0.25, -0.2) is 23.5 Å². The Morgan fingerprint density at radius 1 is 1.09 bits per heavy atom. The molecular formula is C23H24BrClN4O4. The van der Waals surface area contributed by atoms with Gasteiger partial charge in [0.2, 0.25) is 5.95 Å². The first-order valence-electron chi connectivity index (χ1n) is 10.5. The highest BCUT2D eigenvalue weighted by molar-refractivity contribution is 9.10. The van der Waals surface area contributed by atoms with Gasteiger partial charge in [-0.1, -0.05) is 53.5 Å². The van der Waals surface area contributed by atoms with E-state index in [1.807, 2.05) is 43.0 Å². The summed E-state index contributed by atoms with van der Waals surface area (Å²) in [5, 5.41) is 9.29. The fourth-order valence-electron chi connectivity index (χ4n) is 3.50. The van der Waals surface area contributed by atoms with Gasteiger partial charge < -0.3 is 10.0 Å². The number of aromatic carboxylic acids is 1. The molecule has 174 valence electrons. The van der Waals surface area contributed by atoms with Crippen molar-refractivity contribution in [1.82, 2.24) is 14.1 Å². The van der Waals surface area contributed by atoms with Crippen LogP contribution in [0.1, 0.15) is 42.6 Å². The Hall–Kier alpha value is -2.91. The lowest BCUT2D eigenvalue weighted by Gasteiger charge is -2.26. The smallest absolute Gasteiger partial charge is 0.355 e. The summed E-state index contributed by atoms with van der Waals surface area (Å²) in [4.78, 5) is 44.1. The quantitative estimate of drug-likeness (QED) is 0.441. The van der Waals surface area contributed by atoms with Crippen molar-refractivity contribution >= 4 is 39.4 Å². The first-order chi connectivity index (χ1) is 15.8. The van der Waals surface area contributed by atoms with Gasteiger partial charge in [0, 0.05) is 17.6 Å². The largest absolute Gasteiger partial charge is 0.478 e. The molecule has 0 amide bonds. The molecule has 8 nitrogen and oxygen atoms in total. The zero-order valence-corrected chi connectivity index (χ0v) is 20.6. The zero-order valence-electron chi connectivity index (χ0n) is 18.3. The van der Waals surface area contributed by atoms with Crippen LogP contribution >= 0.6 is 27.5 Å². The Morgan fingerprint density at radius 2 is 1.73 bits per heavy atom. The predicted octanol–water partition coefficient (Wildman–Crippen LogP) is 4.18. The number of anilines is 1. The van der Waals surface area contributed by atoms with E-state index in [-0.39, 0.29) is 23.1 Å². The van der Waals surface area contributed by atoms with Gasteiger partial charge in [0.1, 0.15) is 0 Å². The van der Waals surface area contributed by atoms with Crippen LogP contribution in [0.25, 0.3) is 5.69 Å². The van der Waals surface area contributed by atoms with E-state index in [1.165, 1.54) is 22.8 Å². The van der Waals surface area contributed by atoms with Crippen LogP contribution in [0, 0.1) is 0 Å². The maximum absolute atomic E-state index is 13.6.